The number of benzene rings is 2. The lowest BCUT2D eigenvalue weighted by Crippen LogP contribution is -2.42. The Morgan fingerprint density at radius 2 is 1.77 bits per heavy atom. The lowest BCUT2D eigenvalue weighted by molar-refractivity contribution is -0.136. The quantitative estimate of drug-likeness (QED) is 0.360. The van der Waals surface area contributed by atoms with Gasteiger partial charge >= 0.3 is 17.7 Å². The van der Waals surface area contributed by atoms with Gasteiger partial charge in [-0.25, -0.2) is 14.4 Å². The first-order valence-corrected chi connectivity index (χ1v) is 10.0. The first kappa shape index (κ1) is 22.1. The predicted molar refractivity (Wildman–Crippen MR) is 116 cm³/mol. The third-order valence-electron chi connectivity index (χ3n) is 5.06. The number of nitrogens with one attached hydrogen (secondary N) is 1. The Morgan fingerprint density at radius 3 is 2.45 bits per heavy atom. The van der Waals surface area contributed by atoms with E-state index in [1.807, 2.05) is 37.3 Å². The molecule has 0 aliphatic heterocycles. The number of aryl methyl sites for hydroxylation is 2. The monoisotopic (exact) mass is 423 g/mol. The summed E-state index contributed by atoms with van der Waals surface area (Å²) < 4.78 is 16.2. The van der Waals surface area contributed by atoms with Crippen molar-refractivity contribution in [3.8, 4) is 5.75 Å². The molecule has 7 heteroatoms. The summed E-state index contributed by atoms with van der Waals surface area (Å²) in [4.78, 5) is 36.9. The van der Waals surface area contributed by atoms with E-state index in [0.717, 1.165) is 11.1 Å². The zero-order valence-corrected chi connectivity index (χ0v) is 18.0. The Hall–Kier alpha value is -3.61. The highest BCUT2D eigenvalue weighted by molar-refractivity contribution is 5.92. The van der Waals surface area contributed by atoms with E-state index in [4.69, 9.17) is 13.9 Å². The molecule has 7 nitrogen and oxygen atoms in total. The smallest absolute Gasteiger partial charge is 0.408 e. The SMILES string of the molecule is CC[C@@H](NC(=O)OCc1ccccc1)C(=O)Oc1cc(C)cc2oc(=O)c(C)c(C)c12. The van der Waals surface area contributed by atoms with Gasteiger partial charge < -0.3 is 19.2 Å². The highest BCUT2D eigenvalue weighted by Gasteiger charge is 2.24. The molecule has 3 aromatic rings. The molecule has 1 atom stereocenters. The van der Waals surface area contributed by atoms with E-state index in [9.17, 15) is 14.4 Å². The average Bonchev–Trinajstić information content (AvgIpc) is 2.74. The maximum absolute atomic E-state index is 12.8. The van der Waals surface area contributed by atoms with Crippen LogP contribution in [0.25, 0.3) is 11.0 Å². The number of amides is 1. The molecule has 3 rings (SSSR count). The second kappa shape index (κ2) is 9.47. The number of hydrogen-bond donors (Lipinski definition) is 1. The van der Waals surface area contributed by atoms with Crippen LogP contribution in [0.4, 0.5) is 4.79 Å². The maximum atomic E-state index is 12.8. The standard InChI is InChI=1S/C24H25NO6/c1-5-18(25-24(28)29-13-17-9-7-6-8-10-17)23(27)31-20-12-14(2)11-19-21(20)15(3)16(4)22(26)30-19/h6-12,18H,5,13H2,1-4H3,(H,25,28)/t18-/m1/s1. The van der Waals surface area contributed by atoms with E-state index in [2.05, 4.69) is 5.32 Å². The van der Waals surface area contributed by atoms with Gasteiger partial charge in [-0.15, -0.1) is 0 Å². The molecule has 0 bridgehead atoms. The lowest BCUT2D eigenvalue weighted by Gasteiger charge is -2.17. The van der Waals surface area contributed by atoms with Crippen LogP contribution >= 0.6 is 0 Å². The molecule has 1 aromatic heterocycles. The van der Waals surface area contributed by atoms with Crippen LogP contribution in [0.2, 0.25) is 0 Å². The molecular weight excluding hydrogens is 398 g/mol. The van der Waals surface area contributed by atoms with Gasteiger partial charge in [0.25, 0.3) is 0 Å². The van der Waals surface area contributed by atoms with Crippen LogP contribution in [0.15, 0.2) is 51.7 Å². The van der Waals surface area contributed by atoms with Gasteiger partial charge in [-0.2, -0.15) is 0 Å². The summed E-state index contributed by atoms with van der Waals surface area (Å²) in [5.74, 6) is -0.350. The summed E-state index contributed by atoms with van der Waals surface area (Å²) in [6.07, 6.45) is -0.393. The summed E-state index contributed by atoms with van der Waals surface area (Å²) in [5, 5.41) is 3.10. The maximum Gasteiger partial charge on any atom is 0.408 e. The molecular formula is C24H25NO6. The van der Waals surface area contributed by atoms with Gasteiger partial charge in [-0.05, 0) is 56.0 Å². The van der Waals surface area contributed by atoms with E-state index < -0.39 is 23.7 Å². The molecule has 0 radical (unpaired) electrons. The van der Waals surface area contributed by atoms with Crippen molar-refractivity contribution in [2.75, 3.05) is 0 Å². The van der Waals surface area contributed by atoms with Crippen molar-refractivity contribution in [1.29, 1.82) is 0 Å². The van der Waals surface area contributed by atoms with Gasteiger partial charge in [0.2, 0.25) is 0 Å². The molecule has 1 N–H and O–H groups in total. The Kier molecular flexibility index (Phi) is 6.74. The summed E-state index contributed by atoms with van der Waals surface area (Å²) in [6.45, 7) is 7.09. The number of ether oxygens (including phenoxy) is 2. The van der Waals surface area contributed by atoms with Crippen LogP contribution in [0.5, 0.6) is 5.75 Å². The number of carbonyl (C=O) groups excluding carboxylic acids is 2. The third-order valence-corrected chi connectivity index (χ3v) is 5.06. The van der Waals surface area contributed by atoms with Crippen molar-refractivity contribution in [3.05, 3.63) is 75.1 Å². The van der Waals surface area contributed by atoms with E-state index in [1.165, 1.54) is 0 Å². The molecule has 0 spiro atoms. The minimum Gasteiger partial charge on any atom is -0.445 e. The second-order valence-corrected chi connectivity index (χ2v) is 7.36. The minimum absolute atomic E-state index is 0.0954. The van der Waals surface area contributed by atoms with E-state index >= 15 is 0 Å². The molecule has 0 aliphatic rings. The Bertz CT molecular complexity index is 1170. The summed E-state index contributed by atoms with van der Waals surface area (Å²) >= 11 is 0. The van der Waals surface area contributed by atoms with Crippen molar-refractivity contribution >= 4 is 23.0 Å². The first-order valence-electron chi connectivity index (χ1n) is 10.0. The Balaban J connectivity index is 1.76. The number of esters is 1. The van der Waals surface area contributed by atoms with Crippen LogP contribution in [-0.2, 0) is 16.1 Å². The second-order valence-electron chi connectivity index (χ2n) is 7.36. The zero-order valence-electron chi connectivity index (χ0n) is 18.0. The van der Waals surface area contributed by atoms with Crippen LogP contribution in [0.1, 0.15) is 35.6 Å². The van der Waals surface area contributed by atoms with Crippen LogP contribution in [0.3, 0.4) is 0 Å². The molecule has 162 valence electrons. The van der Waals surface area contributed by atoms with Crippen molar-refractivity contribution in [2.24, 2.45) is 0 Å². The Morgan fingerprint density at radius 1 is 1.06 bits per heavy atom. The molecule has 31 heavy (non-hydrogen) atoms. The molecule has 0 fully saturated rings. The number of fused-ring (bicyclic) bond motifs is 1. The first-order chi connectivity index (χ1) is 14.8. The van der Waals surface area contributed by atoms with E-state index in [-0.39, 0.29) is 12.4 Å². The van der Waals surface area contributed by atoms with Crippen molar-refractivity contribution in [2.45, 2.75) is 46.8 Å². The molecule has 1 heterocycles. The average molecular weight is 423 g/mol. The zero-order chi connectivity index (χ0) is 22.5. The van der Waals surface area contributed by atoms with Crippen molar-refractivity contribution in [3.63, 3.8) is 0 Å². The lowest BCUT2D eigenvalue weighted by atomic mass is 10.0. The third kappa shape index (κ3) is 5.12. The van der Waals surface area contributed by atoms with Crippen LogP contribution in [-0.4, -0.2) is 18.1 Å². The van der Waals surface area contributed by atoms with Crippen LogP contribution in [0, 0.1) is 20.8 Å². The fourth-order valence-electron chi connectivity index (χ4n) is 3.18. The fourth-order valence-corrected chi connectivity index (χ4v) is 3.18. The van der Waals surface area contributed by atoms with Gasteiger partial charge in [-0.3, -0.25) is 0 Å². The summed E-state index contributed by atoms with van der Waals surface area (Å²) in [6, 6.07) is 11.8. The molecule has 0 unspecified atom stereocenters. The molecule has 0 saturated heterocycles. The van der Waals surface area contributed by atoms with Crippen molar-refractivity contribution in [1.82, 2.24) is 5.32 Å². The largest absolute Gasteiger partial charge is 0.445 e. The molecule has 2 aromatic carbocycles. The van der Waals surface area contributed by atoms with Gasteiger partial charge in [0, 0.05) is 5.56 Å². The van der Waals surface area contributed by atoms with Gasteiger partial charge in [-0.1, -0.05) is 37.3 Å². The number of alkyl carbamates (subject to hydrolysis) is 1. The molecule has 1 amide bonds. The summed E-state index contributed by atoms with van der Waals surface area (Å²) in [7, 11) is 0. The van der Waals surface area contributed by atoms with Gasteiger partial charge in [0.15, 0.2) is 0 Å². The molecule has 0 aliphatic carbocycles. The number of hydrogen-bond acceptors (Lipinski definition) is 6. The van der Waals surface area contributed by atoms with Gasteiger partial charge in [0.1, 0.15) is 24.0 Å². The van der Waals surface area contributed by atoms with Crippen molar-refractivity contribution < 1.29 is 23.5 Å². The van der Waals surface area contributed by atoms with Gasteiger partial charge in [0.05, 0.1) is 5.39 Å². The Labute approximate surface area is 180 Å². The number of carbonyl (C=O) groups is 2. The van der Waals surface area contributed by atoms with E-state index in [0.29, 0.717) is 28.5 Å². The highest BCUT2D eigenvalue weighted by atomic mass is 16.6. The topological polar surface area (TPSA) is 94.8 Å². The molecule has 0 saturated carbocycles. The predicted octanol–water partition coefficient (Wildman–Crippen LogP) is 4.33. The fraction of sp³-hybridized carbons (Fsp3) is 0.292. The summed E-state index contributed by atoms with van der Waals surface area (Å²) in [5.41, 5.74) is 2.65. The highest BCUT2D eigenvalue weighted by Crippen LogP contribution is 2.31. The minimum atomic E-state index is -0.893. The van der Waals surface area contributed by atoms with Crippen LogP contribution < -0.4 is 15.7 Å². The van der Waals surface area contributed by atoms with E-state index in [1.54, 1.807) is 32.9 Å². The normalized spacial score (nSPS) is 11.7. The number of rotatable bonds is 6.